The van der Waals surface area contributed by atoms with Crippen LogP contribution in [0.25, 0.3) is 0 Å². The lowest BCUT2D eigenvalue weighted by molar-refractivity contribution is -0.387. The molecule has 0 aromatic heterocycles. The number of hydrogen-bond donors (Lipinski definition) is 1. The van der Waals surface area contributed by atoms with Crippen LogP contribution in [0.3, 0.4) is 0 Å². The first-order chi connectivity index (χ1) is 8.97. The molecule has 1 aromatic rings. The minimum absolute atomic E-state index is 0.201. The standard InChI is InChI=1S/C13H17FN2O3/c1-15(7-9-5-11(17)6-9)8-10-3-2-4-12(13(10)14)16(18)19/h2-4,9,11,17H,5-8H2,1H3. The number of nitro benzene ring substituents is 1. The van der Waals surface area contributed by atoms with E-state index in [0.29, 0.717) is 18.0 Å². The Labute approximate surface area is 110 Å². The zero-order valence-corrected chi connectivity index (χ0v) is 10.8. The Balaban J connectivity index is 1.98. The predicted molar refractivity (Wildman–Crippen MR) is 68.1 cm³/mol. The highest BCUT2D eigenvalue weighted by Gasteiger charge is 2.28. The Morgan fingerprint density at radius 2 is 2.21 bits per heavy atom. The van der Waals surface area contributed by atoms with Crippen LogP contribution in [0, 0.1) is 21.8 Å². The van der Waals surface area contributed by atoms with E-state index in [4.69, 9.17) is 0 Å². The van der Waals surface area contributed by atoms with Crippen molar-refractivity contribution in [3.8, 4) is 0 Å². The van der Waals surface area contributed by atoms with Gasteiger partial charge < -0.3 is 10.0 Å². The van der Waals surface area contributed by atoms with Gasteiger partial charge in [0.25, 0.3) is 0 Å². The van der Waals surface area contributed by atoms with Crippen molar-refractivity contribution in [1.29, 1.82) is 0 Å². The van der Waals surface area contributed by atoms with E-state index in [2.05, 4.69) is 0 Å². The van der Waals surface area contributed by atoms with Gasteiger partial charge in [0.1, 0.15) is 0 Å². The third-order valence-electron chi connectivity index (χ3n) is 3.48. The van der Waals surface area contributed by atoms with Crippen molar-refractivity contribution in [1.82, 2.24) is 4.90 Å². The summed E-state index contributed by atoms with van der Waals surface area (Å²) in [6, 6.07) is 4.23. The van der Waals surface area contributed by atoms with E-state index < -0.39 is 16.4 Å². The smallest absolute Gasteiger partial charge is 0.305 e. The van der Waals surface area contributed by atoms with Gasteiger partial charge in [0.2, 0.25) is 5.82 Å². The van der Waals surface area contributed by atoms with Crippen LogP contribution in [0.1, 0.15) is 18.4 Å². The summed E-state index contributed by atoms with van der Waals surface area (Å²) in [6.45, 7) is 1.10. The van der Waals surface area contributed by atoms with Crippen LogP contribution in [0.2, 0.25) is 0 Å². The summed E-state index contributed by atoms with van der Waals surface area (Å²) in [5, 5.41) is 19.9. The molecule has 5 nitrogen and oxygen atoms in total. The molecule has 1 N–H and O–H groups in total. The molecule has 0 atom stereocenters. The van der Waals surface area contributed by atoms with Crippen LogP contribution in [-0.4, -0.2) is 34.6 Å². The number of rotatable bonds is 5. The van der Waals surface area contributed by atoms with Crippen molar-refractivity contribution in [3.63, 3.8) is 0 Å². The molecule has 0 aliphatic heterocycles. The number of aliphatic hydroxyl groups excluding tert-OH is 1. The Kier molecular flexibility index (Phi) is 4.11. The zero-order chi connectivity index (χ0) is 14.0. The molecular formula is C13H17FN2O3. The fourth-order valence-corrected chi connectivity index (χ4v) is 2.48. The molecule has 1 aliphatic rings. The minimum atomic E-state index is -0.756. The number of hydrogen-bond acceptors (Lipinski definition) is 4. The van der Waals surface area contributed by atoms with Crippen molar-refractivity contribution in [3.05, 3.63) is 39.7 Å². The number of nitrogens with zero attached hydrogens (tertiary/aromatic N) is 2. The lowest BCUT2D eigenvalue weighted by atomic mass is 9.82. The molecule has 0 amide bonds. The fraction of sp³-hybridized carbons (Fsp3) is 0.538. The average molecular weight is 268 g/mol. The molecule has 1 fully saturated rings. The lowest BCUT2D eigenvalue weighted by Crippen LogP contribution is -2.36. The SMILES string of the molecule is CN(Cc1cccc([N+](=O)[O-])c1F)CC1CC(O)C1. The summed E-state index contributed by atoms with van der Waals surface area (Å²) in [5.74, 6) is -0.324. The summed E-state index contributed by atoms with van der Waals surface area (Å²) in [7, 11) is 1.85. The second-order valence-corrected chi connectivity index (χ2v) is 5.20. The maximum atomic E-state index is 13.9. The van der Waals surface area contributed by atoms with Gasteiger partial charge in [0.05, 0.1) is 11.0 Å². The first-order valence-corrected chi connectivity index (χ1v) is 6.25. The predicted octanol–water partition coefficient (Wildman–Crippen LogP) is 1.94. The highest BCUT2D eigenvalue weighted by atomic mass is 19.1. The van der Waals surface area contributed by atoms with E-state index >= 15 is 0 Å². The highest BCUT2D eigenvalue weighted by molar-refractivity contribution is 5.36. The van der Waals surface area contributed by atoms with Gasteiger partial charge in [-0.15, -0.1) is 0 Å². The number of halogens is 1. The van der Waals surface area contributed by atoms with Gasteiger partial charge in [0, 0.05) is 24.7 Å². The molecule has 1 saturated carbocycles. The monoisotopic (exact) mass is 268 g/mol. The Morgan fingerprint density at radius 3 is 2.79 bits per heavy atom. The van der Waals surface area contributed by atoms with Crippen molar-refractivity contribution in [2.45, 2.75) is 25.5 Å². The van der Waals surface area contributed by atoms with Crippen molar-refractivity contribution < 1.29 is 14.4 Å². The second kappa shape index (κ2) is 5.63. The number of nitro groups is 1. The normalized spacial score (nSPS) is 22.3. The van der Waals surface area contributed by atoms with E-state index in [1.165, 1.54) is 12.1 Å². The maximum Gasteiger partial charge on any atom is 0.305 e. The first-order valence-electron chi connectivity index (χ1n) is 6.25. The Bertz CT molecular complexity index is 475. The summed E-state index contributed by atoms with van der Waals surface area (Å²) in [6.07, 6.45) is 1.36. The van der Waals surface area contributed by atoms with Crippen LogP contribution in [0.4, 0.5) is 10.1 Å². The minimum Gasteiger partial charge on any atom is -0.393 e. The molecule has 0 radical (unpaired) electrons. The molecule has 19 heavy (non-hydrogen) atoms. The van der Waals surface area contributed by atoms with Crippen LogP contribution in [0.15, 0.2) is 18.2 Å². The highest BCUT2D eigenvalue weighted by Crippen LogP contribution is 2.28. The molecule has 1 aromatic carbocycles. The largest absolute Gasteiger partial charge is 0.393 e. The first kappa shape index (κ1) is 13.9. The number of aliphatic hydroxyl groups is 1. The van der Waals surface area contributed by atoms with Gasteiger partial charge in [0.15, 0.2) is 0 Å². The molecular weight excluding hydrogens is 251 g/mol. The van der Waals surface area contributed by atoms with Crippen LogP contribution >= 0.6 is 0 Å². The molecule has 6 heteroatoms. The summed E-state index contributed by atoms with van der Waals surface area (Å²) in [5.41, 5.74) is -0.151. The molecule has 0 unspecified atom stereocenters. The van der Waals surface area contributed by atoms with E-state index in [0.717, 1.165) is 19.4 Å². The molecule has 0 heterocycles. The van der Waals surface area contributed by atoms with Crippen molar-refractivity contribution >= 4 is 5.69 Å². The lowest BCUT2D eigenvalue weighted by Gasteiger charge is -2.34. The summed E-state index contributed by atoms with van der Waals surface area (Å²) >= 11 is 0. The molecule has 1 aliphatic carbocycles. The van der Waals surface area contributed by atoms with Gasteiger partial charge in [-0.05, 0) is 25.8 Å². The molecule has 0 saturated heterocycles. The van der Waals surface area contributed by atoms with Gasteiger partial charge in [-0.3, -0.25) is 10.1 Å². The van der Waals surface area contributed by atoms with Gasteiger partial charge >= 0.3 is 5.69 Å². The Hall–Kier alpha value is -1.53. The second-order valence-electron chi connectivity index (χ2n) is 5.20. The third kappa shape index (κ3) is 3.27. The molecule has 0 spiro atoms. The third-order valence-corrected chi connectivity index (χ3v) is 3.48. The van der Waals surface area contributed by atoms with Gasteiger partial charge in [-0.1, -0.05) is 12.1 Å². The molecule has 104 valence electrons. The Morgan fingerprint density at radius 1 is 1.53 bits per heavy atom. The summed E-state index contributed by atoms with van der Waals surface area (Å²) < 4.78 is 13.9. The zero-order valence-electron chi connectivity index (χ0n) is 10.8. The molecule has 2 rings (SSSR count). The van der Waals surface area contributed by atoms with Crippen LogP contribution in [-0.2, 0) is 6.54 Å². The quantitative estimate of drug-likeness (QED) is 0.654. The molecule has 0 bridgehead atoms. The fourth-order valence-electron chi connectivity index (χ4n) is 2.48. The van der Waals surface area contributed by atoms with E-state index in [1.54, 1.807) is 6.07 Å². The van der Waals surface area contributed by atoms with E-state index in [9.17, 15) is 19.6 Å². The van der Waals surface area contributed by atoms with E-state index in [-0.39, 0.29) is 6.10 Å². The summed E-state index contributed by atoms with van der Waals surface area (Å²) in [4.78, 5) is 11.9. The number of benzene rings is 1. The van der Waals surface area contributed by atoms with E-state index in [1.807, 2.05) is 11.9 Å². The topological polar surface area (TPSA) is 66.6 Å². The van der Waals surface area contributed by atoms with Gasteiger partial charge in [-0.25, -0.2) is 0 Å². The van der Waals surface area contributed by atoms with Crippen molar-refractivity contribution in [2.75, 3.05) is 13.6 Å². The van der Waals surface area contributed by atoms with Crippen LogP contribution < -0.4 is 0 Å². The van der Waals surface area contributed by atoms with Crippen molar-refractivity contribution in [2.24, 2.45) is 5.92 Å². The van der Waals surface area contributed by atoms with Crippen LogP contribution in [0.5, 0.6) is 0 Å². The van der Waals surface area contributed by atoms with Gasteiger partial charge in [-0.2, -0.15) is 4.39 Å². The maximum absolute atomic E-state index is 13.9. The average Bonchev–Trinajstić information content (AvgIpc) is 2.29.